The maximum atomic E-state index is 5.91. The molecule has 0 aromatic rings. The van der Waals surface area contributed by atoms with E-state index in [4.69, 9.17) is 5.73 Å². The second-order valence-corrected chi connectivity index (χ2v) is 4.33. The molecule has 12 heavy (non-hydrogen) atoms. The van der Waals surface area contributed by atoms with Gasteiger partial charge in [0.2, 0.25) is 0 Å². The van der Waals surface area contributed by atoms with Crippen molar-refractivity contribution in [2.24, 2.45) is 5.73 Å². The second kappa shape index (κ2) is 3.35. The zero-order valence-electron chi connectivity index (χ0n) is 7.89. The van der Waals surface area contributed by atoms with Crippen molar-refractivity contribution in [1.29, 1.82) is 0 Å². The molecule has 1 aliphatic heterocycles. The van der Waals surface area contributed by atoms with Crippen molar-refractivity contribution >= 4 is 0 Å². The Morgan fingerprint density at radius 3 is 2.08 bits per heavy atom. The van der Waals surface area contributed by atoms with Gasteiger partial charge in [0.1, 0.15) is 0 Å². The molecule has 1 heterocycles. The van der Waals surface area contributed by atoms with Crippen LogP contribution in [-0.2, 0) is 0 Å². The van der Waals surface area contributed by atoms with Gasteiger partial charge in [-0.05, 0) is 38.8 Å². The van der Waals surface area contributed by atoms with Crippen LogP contribution in [0, 0.1) is 0 Å². The first-order chi connectivity index (χ1) is 5.87. The molecule has 0 atom stereocenters. The monoisotopic (exact) mass is 168 g/mol. The van der Waals surface area contributed by atoms with Gasteiger partial charge in [-0.15, -0.1) is 0 Å². The summed E-state index contributed by atoms with van der Waals surface area (Å²) in [5.74, 6) is 0. The molecule has 70 valence electrons. The maximum Gasteiger partial charge on any atom is 0.0331 e. The van der Waals surface area contributed by atoms with Crippen LogP contribution in [-0.4, -0.2) is 30.1 Å². The largest absolute Gasteiger partial charge is 0.329 e. The Kier molecular flexibility index (Phi) is 2.37. The lowest BCUT2D eigenvalue weighted by atomic mass is 9.96. The van der Waals surface area contributed by atoms with Gasteiger partial charge in [-0.3, -0.25) is 4.90 Å². The molecule has 1 saturated heterocycles. The quantitative estimate of drug-likeness (QED) is 0.674. The molecule has 0 amide bonds. The summed E-state index contributed by atoms with van der Waals surface area (Å²) in [6.45, 7) is 3.49. The fraction of sp³-hybridized carbons (Fsp3) is 1.00. The van der Waals surface area contributed by atoms with Crippen molar-refractivity contribution in [1.82, 2.24) is 4.90 Å². The molecule has 0 bridgehead atoms. The summed E-state index contributed by atoms with van der Waals surface area (Å²) in [5.41, 5.74) is 6.33. The molecule has 0 radical (unpaired) electrons. The van der Waals surface area contributed by atoms with Crippen LogP contribution in [0.1, 0.15) is 38.5 Å². The highest BCUT2D eigenvalue weighted by molar-refractivity contribution is 4.97. The Morgan fingerprint density at radius 2 is 1.58 bits per heavy atom. The van der Waals surface area contributed by atoms with E-state index in [9.17, 15) is 0 Å². The summed E-state index contributed by atoms with van der Waals surface area (Å²) in [7, 11) is 0. The molecular formula is C10H20N2. The summed E-state index contributed by atoms with van der Waals surface area (Å²) in [6.07, 6.45) is 8.28. The fourth-order valence-electron chi connectivity index (χ4n) is 2.87. The summed E-state index contributed by atoms with van der Waals surface area (Å²) in [5, 5.41) is 0. The minimum absolute atomic E-state index is 0.427. The predicted molar refractivity (Wildman–Crippen MR) is 51.1 cm³/mol. The molecule has 1 saturated carbocycles. The third-order valence-corrected chi connectivity index (χ3v) is 3.69. The lowest BCUT2D eigenvalue weighted by Crippen LogP contribution is -2.50. The molecule has 2 nitrogen and oxygen atoms in total. The lowest BCUT2D eigenvalue weighted by molar-refractivity contribution is 0.130. The van der Waals surface area contributed by atoms with Crippen LogP contribution in [0.4, 0.5) is 0 Å². The van der Waals surface area contributed by atoms with Gasteiger partial charge < -0.3 is 5.73 Å². The van der Waals surface area contributed by atoms with Crippen molar-refractivity contribution in [2.75, 3.05) is 19.6 Å². The van der Waals surface area contributed by atoms with Crippen LogP contribution in [0.25, 0.3) is 0 Å². The molecule has 1 aliphatic carbocycles. The first kappa shape index (κ1) is 8.52. The van der Waals surface area contributed by atoms with E-state index in [0.29, 0.717) is 5.54 Å². The molecule has 2 heteroatoms. The number of rotatable bonds is 2. The van der Waals surface area contributed by atoms with Gasteiger partial charge in [0.15, 0.2) is 0 Å². The second-order valence-electron chi connectivity index (χ2n) is 4.33. The summed E-state index contributed by atoms with van der Waals surface area (Å²) in [6, 6.07) is 0. The SMILES string of the molecule is NCC1(N2CCCC2)CCCC1. The minimum Gasteiger partial charge on any atom is -0.329 e. The van der Waals surface area contributed by atoms with E-state index in [2.05, 4.69) is 4.90 Å². The summed E-state index contributed by atoms with van der Waals surface area (Å²) >= 11 is 0. The Labute approximate surface area is 75.1 Å². The summed E-state index contributed by atoms with van der Waals surface area (Å²) in [4.78, 5) is 2.65. The van der Waals surface area contributed by atoms with Gasteiger partial charge in [-0.2, -0.15) is 0 Å². The zero-order valence-corrected chi connectivity index (χ0v) is 7.89. The molecule has 2 aliphatic rings. The average Bonchev–Trinajstić information content (AvgIpc) is 2.76. The third kappa shape index (κ3) is 1.27. The number of likely N-dealkylation sites (tertiary alicyclic amines) is 1. The van der Waals surface area contributed by atoms with Crippen molar-refractivity contribution in [3.05, 3.63) is 0 Å². The fourth-order valence-corrected chi connectivity index (χ4v) is 2.87. The van der Waals surface area contributed by atoms with Crippen LogP contribution in [0.2, 0.25) is 0 Å². The molecule has 2 fully saturated rings. The molecule has 2 N–H and O–H groups in total. The van der Waals surface area contributed by atoms with E-state index in [1.165, 1.54) is 51.6 Å². The van der Waals surface area contributed by atoms with Crippen LogP contribution in [0.3, 0.4) is 0 Å². The summed E-state index contributed by atoms with van der Waals surface area (Å²) < 4.78 is 0. The van der Waals surface area contributed by atoms with Crippen LogP contribution < -0.4 is 5.73 Å². The van der Waals surface area contributed by atoms with Crippen molar-refractivity contribution < 1.29 is 0 Å². The topological polar surface area (TPSA) is 29.3 Å². The predicted octanol–water partition coefficient (Wildman–Crippen LogP) is 1.35. The molecule has 0 aromatic heterocycles. The Bertz CT molecular complexity index is 144. The van der Waals surface area contributed by atoms with Gasteiger partial charge in [0, 0.05) is 12.1 Å². The number of nitrogens with two attached hydrogens (primary N) is 1. The highest BCUT2D eigenvalue weighted by Gasteiger charge is 2.38. The Balaban J connectivity index is 2.04. The normalized spacial score (nSPS) is 29.8. The van der Waals surface area contributed by atoms with E-state index in [-0.39, 0.29) is 0 Å². The smallest absolute Gasteiger partial charge is 0.0331 e. The minimum atomic E-state index is 0.427. The first-order valence-corrected chi connectivity index (χ1v) is 5.32. The molecule has 0 spiro atoms. The standard InChI is InChI=1S/C10H20N2/c11-9-10(5-1-2-6-10)12-7-3-4-8-12/h1-9,11H2. The van der Waals surface area contributed by atoms with Gasteiger partial charge in [-0.25, -0.2) is 0 Å². The molecule has 2 rings (SSSR count). The Hall–Kier alpha value is -0.0800. The van der Waals surface area contributed by atoms with E-state index in [0.717, 1.165) is 6.54 Å². The van der Waals surface area contributed by atoms with Gasteiger partial charge >= 0.3 is 0 Å². The highest BCUT2D eigenvalue weighted by atomic mass is 15.2. The average molecular weight is 168 g/mol. The van der Waals surface area contributed by atoms with Crippen molar-refractivity contribution in [2.45, 2.75) is 44.1 Å². The third-order valence-electron chi connectivity index (χ3n) is 3.69. The number of nitrogens with zero attached hydrogens (tertiary/aromatic N) is 1. The van der Waals surface area contributed by atoms with E-state index >= 15 is 0 Å². The van der Waals surface area contributed by atoms with E-state index in [1.54, 1.807) is 0 Å². The van der Waals surface area contributed by atoms with E-state index in [1.807, 2.05) is 0 Å². The Morgan fingerprint density at radius 1 is 1.00 bits per heavy atom. The van der Waals surface area contributed by atoms with Crippen LogP contribution in [0.15, 0.2) is 0 Å². The van der Waals surface area contributed by atoms with Gasteiger partial charge in [0.05, 0.1) is 0 Å². The van der Waals surface area contributed by atoms with Gasteiger partial charge in [-0.1, -0.05) is 12.8 Å². The number of hydrogen-bond donors (Lipinski definition) is 1. The molecular weight excluding hydrogens is 148 g/mol. The lowest BCUT2D eigenvalue weighted by Gasteiger charge is -2.37. The zero-order chi connectivity index (χ0) is 8.44. The first-order valence-electron chi connectivity index (χ1n) is 5.32. The van der Waals surface area contributed by atoms with Gasteiger partial charge in [0.25, 0.3) is 0 Å². The molecule has 0 aromatic carbocycles. The van der Waals surface area contributed by atoms with Crippen LogP contribution >= 0.6 is 0 Å². The molecule has 0 unspecified atom stereocenters. The highest BCUT2D eigenvalue weighted by Crippen LogP contribution is 2.36. The maximum absolute atomic E-state index is 5.91. The van der Waals surface area contributed by atoms with Crippen molar-refractivity contribution in [3.8, 4) is 0 Å². The number of hydrogen-bond acceptors (Lipinski definition) is 2. The van der Waals surface area contributed by atoms with Crippen LogP contribution in [0.5, 0.6) is 0 Å². The van der Waals surface area contributed by atoms with Crippen molar-refractivity contribution in [3.63, 3.8) is 0 Å². The van der Waals surface area contributed by atoms with E-state index < -0.39 is 0 Å².